The van der Waals surface area contributed by atoms with Crippen molar-refractivity contribution in [3.63, 3.8) is 0 Å². The van der Waals surface area contributed by atoms with Crippen molar-refractivity contribution >= 4 is 17.7 Å². The van der Waals surface area contributed by atoms with Crippen LogP contribution in [0.1, 0.15) is 0 Å². The van der Waals surface area contributed by atoms with Gasteiger partial charge in [0.1, 0.15) is 31.0 Å². The first-order valence-corrected chi connectivity index (χ1v) is 6.48. The molecule has 10 nitrogen and oxygen atoms in total. The van der Waals surface area contributed by atoms with Gasteiger partial charge in [0.2, 0.25) is 5.91 Å². The Morgan fingerprint density at radius 1 is 1.14 bits per heavy atom. The number of rotatable bonds is 4. The molecule has 0 aromatic heterocycles. The van der Waals surface area contributed by atoms with E-state index in [0.717, 1.165) is 12.2 Å². The smallest absolute Gasteiger partial charge is 0.254 e. The van der Waals surface area contributed by atoms with Crippen LogP contribution >= 0.6 is 0 Å². The van der Waals surface area contributed by atoms with Gasteiger partial charge in [0, 0.05) is 12.2 Å². The number of ether oxygens (including phenoxy) is 1. The SMILES string of the molecule is O=C(CN1C(=O)C=CC1=O)N[C@@H]1O[C@H](CO)[C@@H](O)[C@H](O)[C@H]1O. The average Bonchev–Trinajstić information content (AvgIpc) is 2.79. The molecule has 0 saturated carbocycles. The van der Waals surface area contributed by atoms with Gasteiger partial charge in [-0.15, -0.1) is 0 Å². The van der Waals surface area contributed by atoms with Gasteiger partial charge in [-0.1, -0.05) is 0 Å². The minimum Gasteiger partial charge on any atom is -0.394 e. The number of nitrogens with zero attached hydrogens (tertiary/aromatic N) is 1. The summed E-state index contributed by atoms with van der Waals surface area (Å²) in [7, 11) is 0. The molecule has 2 heterocycles. The van der Waals surface area contributed by atoms with Gasteiger partial charge >= 0.3 is 0 Å². The van der Waals surface area contributed by atoms with E-state index in [-0.39, 0.29) is 0 Å². The molecule has 2 rings (SSSR count). The molecule has 0 aromatic rings. The third-order valence-electron chi connectivity index (χ3n) is 3.40. The first-order valence-electron chi connectivity index (χ1n) is 6.48. The third-order valence-corrected chi connectivity index (χ3v) is 3.40. The van der Waals surface area contributed by atoms with Crippen LogP contribution in [0.25, 0.3) is 0 Å². The maximum absolute atomic E-state index is 11.8. The summed E-state index contributed by atoms with van der Waals surface area (Å²) in [4.78, 5) is 35.1. The number of aliphatic hydroxyl groups is 4. The monoisotopic (exact) mass is 316 g/mol. The van der Waals surface area contributed by atoms with Crippen molar-refractivity contribution in [2.75, 3.05) is 13.2 Å². The lowest BCUT2D eigenvalue weighted by atomic mass is 9.98. The molecule has 0 unspecified atom stereocenters. The number of hydrogen-bond acceptors (Lipinski definition) is 8. The summed E-state index contributed by atoms with van der Waals surface area (Å²) in [6.07, 6.45) is -5.34. The van der Waals surface area contributed by atoms with Crippen LogP contribution in [-0.2, 0) is 19.1 Å². The van der Waals surface area contributed by atoms with Crippen LogP contribution in [-0.4, -0.2) is 86.8 Å². The molecule has 0 spiro atoms. The number of amides is 3. The maximum Gasteiger partial charge on any atom is 0.254 e. The molecule has 2 aliphatic rings. The van der Waals surface area contributed by atoms with Gasteiger partial charge < -0.3 is 30.5 Å². The fourth-order valence-electron chi connectivity index (χ4n) is 2.16. The molecule has 3 amide bonds. The molecule has 0 radical (unpaired) electrons. The molecule has 0 aliphatic carbocycles. The van der Waals surface area contributed by atoms with Crippen molar-refractivity contribution < 1.29 is 39.5 Å². The van der Waals surface area contributed by atoms with Gasteiger partial charge in [-0.25, -0.2) is 0 Å². The highest BCUT2D eigenvalue weighted by Crippen LogP contribution is 2.19. The number of imide groups is 1. The van der Waals surface area contributed by atoms with Crippen molar-refractivity contribution in [2.24, 2.45) is 0 Å². The van der Waals surface area contributed by atoms with E-state index in [1.165, 1.54) is 0 Å². The topological polar surface area (TPSA) is 157 Å². The number of hydrogen-bond donors (Lipinski definition) is 5. The lowest BCUT2D eigenvalue weighted by molar-refractivity contribution is -0.236. The van der Waals surface area contributed by atoms with E-state index in [0.29, 0.717) is 4.90 Å². The molecular weight excluding hydrogens is 300 g/mol. The molecule has 10 heteroatoms. The molecule has 2 aliphatic heterocycles. The normalized spacial score (nSPS) is 35.1. The van der Waals surface area contributed by atoms with Crippen LogP contribution in [0.4, 0.5) is 0 Å². The lowest BCUT2D eigenvalue weighted by Crippen LogP contribution is -2.63. The van der Waals surface area contributed by atoms with Crippen molar-refractivity contribution in [1.29, 1.82) is 0 Å². The molecule has 1 saturated heterocycles. The molecule has 5 N–H and O–H groups in total. The largest absolute Gasteiger partial charge is 0.394 e. The third kappa shape index (κ3) is 3.15. The highest BCUT2D eigenvalue weighted by Gasteiger charge is 2.44. The summed E-state index contributed by atoms with van der Waals surface area (Å²) in [5.74, 6) is -2.10. The molecule has 22 heavy (non-hydrogen) atoms. The Hall–Kier alpha value is -1.85. The zero-order valence-electron chi connectivity index (χ0n) is 11.3. The molecule has 5 atom stereocenters. The van der Waals surface area contributed by atoms with E-state index in [2.05, 4.69) is 5.32 Å². The van der Waals surface area contributed by atoms with Gasteiger partial charge in [-0.3, -0.25) is 19.3 Å². The zero-order chi connectivity index (χ0) is 16.4. The van der Waals surface area contributed by atoms with E-state index in [4.69, 9.17) is 9.84 Å². The molecule has 0 bridgehead atoms. The van der Waals surface area contributed by atoms with E-state index >= 15 is 0 Å². The summed E-state index contributed by atoms with van der Waals surface area (Å²) in [5.41, 5.74) is 0. The molecule has 1 fully saturated rings. The van der Waals surface area contributed by atoms with E-state index in [9.17, 15) is 29.7 Å². The molecule has 0 aromatic carbocycles. The fraction of sp³-hybridized carbons (Fsp3) is 0.583. The van der Waals surface area contributed by atoms with Crippen LogP contribution in [0, 0.1) is 0 Å². The summed E-state index contributed by atoms with van der Waals surface area (Å²) < 4.78 is 5.07. The zero-order valence-corrected chi connectivity index (χ0v) is 11.3. The Morgan fingerprint density at radius 2 is 1.73 bits per heavy atom. The van der Waals surface area contributed by atoms with Crippen LogP contribution in [0.5, 0.6) is 0 Å². The lowest BCUT2D eigenvalue weighted by Gasteiger charge is -2.40. The number of aliphatic hydroxyl groups excluding tert-OH is 4. The standard InChI is InChI=1S/C12H16N2O8/c15-4-5-9(19)10(20)11(21)12(22-5)13-6(16)3-14-7(17)1-2-8(14)18/h1-2,5,9-12,15,19-21H,3-4H2,(H,13,16)/t5-,9-,10+,11-,12-/m1/s1. The minimum absolute atomic E-state index is 0.584. The Labute approximate surface area is 124 Å². The number of nitrogens with one attached hydrogen (secondary N) is 1. The second-order valence-corrected chi connectivity index (χ2v) is 4.91. The number of carbonyl (C=O) groups is 3. The first-order chi connectivity index (χ1) is 10.3. The first kappa shape index (κ1) is 16.5. The van der Waals surface area contributed by atoms with Crippen molar-refractivity contribution in [2.45, 2.75) is 30.6 Å². The Morgan fingerprint density at radius 3 is 2.27 bits per heavy atom. The van der Waals surface area contributed by atoms with E-state index in [1.807, 2.05) is 0 Å². The molecular formula is C12H16N2O8. The number of carbonyl (C=O) groups excluding carboxylic acids is 3. The Kier molecular flexibility index (Phi) is 4.88. The second kappa shape index (κ2) is 6.50. The Bertz CT molecular complexity index is 487. The van der Waals surface area contributed by atoms with Gasteiger partial charge in [-0.05, 0) is 0 Å². The van der Waals surface area contributed by atoms with Gasteiger partial charge in [0.25, 0.3) is 11.8 Å². The predicted octanol–water partition coefficient (Wildman–Crippen LogP) is -4.17. The van der Waals surface area contributed by atoms with Gasteiger partial charge in [0.15, 0.2) is 6.23 Å². The quantitative estimate of drug-likeness (QED) is 0.327. The highest BCUT2D eigenvalue weighted by molar-refractivity contribution is 6.14. The van der Waals surface area contributed by atoms with E-state index < -0.39 is 61.5 Å². The van der Waals surface area contributed by atoms with Crippen LogP contribution in [0.2, 0.25) is 0 Å². The van der Waals surface area contributed by atoms with E-state index in [1.54, 1.807) is 0 Å². The van der Waals surface area contributed by atoms with Crippen LogP contribution in [0.15, 0.2) is 12.2 Å². The van der Waals surface area contributed by atoms with Crippen molar-refractivity contribution in [3.05, 3.63) is 12.2 Å². The summed E-state index contributed by atoms with van der Waals surface area (Å²) in [6.45, 7) is -1.22. The average molecular weight is 316 g/mol. The minimum atomic E-state index is -1.63. The Balaban J connectivity index is 1.96. The van der Waals surface area contributed by atoms with Gasteiger partial charge in [0.05, 0.1) is 6.61 Å². The van der Waals surface area contributed by atoms with Crippen molar-refractivity contribution in [3.8, 4) is 0 Å². The molecule has 122 valence electrons. The highest BCUT2D eigenvalue weighted by atomic mass is 16.6. The summed E-state index contributed by atoms with van der Waals surface area (Å²) in [6, 6.07) is 0. The van der Waals surface area contributed by atoms with Crippen LogP contribution in [0.3, 0.4) is 0 Å². The van der Waals surface area contributed by atoms with Crippen LogP contribution < -0.4 is 5.32 Å². The van der Waals surface area contributed by atoms with Crippen molar-refractivity contribution in [1.82, 2.24) is 10.2 Å². The van der Waals surface area contributed by atoms with Gasteiger partial charge in [-0.2, -0.15) is 0 Å². The second-order valence-electron chi connectivity index (χ2n) is 4.91. The fourth-order valence-corrected chi connectivity index (χ4v) is 2.16. The predicted molar refractivity (Wildman–Crippen MR) is 67.8 cm³/mol. The summed E-state index contributed by atoms with van der Waals surface area (Å²) >= 11 is 0. The summed E-state index contributed by atoms with van der Waals surface area (Å²) in [5, 5.41) is 40.1. The maximum atomic E-state index is 11.8.